The van der Waals surface area contributed by atoms with E-state index < -0.39 is 0 Å². The number of rotatable bonds is 5. The highest BCUT2D eigenvalue weighted by Gasteiger charge is 2.35. The first-order valence-corrected chi connectivity index (χ1v) is 7.58. The van der Waals surface area contributed by atoms with Gasteiger partial charge >= 0.3 is 0 Å². The molecule has 1 aliphatic rings. The van der Waals surface area contributed by atoms with E-state index in [4.69, 9.17) is 5.73 Å². The second-order valence-corrected chi connectivity index (χ2v) is 6.64. The summed E-state index contributed by atoms with van der Waals surface area (Å²) >= 11 is 0. The minimum atomic E-state index is -0.169. The molecule has 2 heteroatoms. The van der Waals surface area contributed by atoms with Gasteiger partial charge in [-0.2, -0.15) is 0 Å². The van der Waals surface area contributed by atoms with Crippen LogP contribution in [-0.4, -0.2) is 11.6 Å². The van der Waals surface area contributed by atoms with Crippen molar-refractivity contribution in [3.63, 3.8) is 0 Å². The third kappa shape index (κ3) is 3.80. The Bertz CT molecular complexity index is 374. The van der Waals surface area contributed by atoms with Gasteiger partial charge in [-0.25, -0.2) is 0 Å². The SMILES string of the molecule is C[C@@H](N[C@H](C1CCCC1)C(C)(C)N)c1ccccc1. The molecule has 3 N–H and O–H groups in total. The summed E-state index contributed by atoms with van der Waals surface area (Å²) in [7, 11) is 0. The molecule has 0 aromatic heterocycles. The first-order valence-electron chi connectivity index (χ1n) is 7.58. The summed E-state index contributed by atoms with van der Waals surface area (Å²) in [5, 5.41) is 3.79. The van der Waals surface area contributed by atoms with Gasteiger partial charge in [-0.15, -0.1) is 0 Å². The van der Waals surface area contributed by atoms with Crippen LogP contribution in [0.4, 0.5) is 0 Å². The van der Waals surface area contributed by atoms with E-state index in [1.807, 2.05) is 0 Å². The highest BCUT2D eigenvalue weighted by Crippen LogP contribution is 2.32. The second kappa shape index (κ2) is 6.06. The molecule has 0 radical (unpaired) electrons. The molecule has 2 atom stereocenters. The van der Waals surface area contributed by atoms with E-state index >= 15 is 0 Å². The van der Waals surface area contributed by atoms with Gasteiger partial charge in [0.25, 0.3) is 0 Å². The van der Waals surface area contributed by atoms with Crippen LogP contribution in [0.5, 0.6) is 0 Å². The molecular weight excluding hydrogens is 232 g/mol. The lowest BCUT2D eigenvalue weighted by atomic mass is 9.83. The summed E-state index contributed by atoms with van der Waals surface area (Å²) in [6, 6.07) is 11.4. The predicted octanol–water partition coefficient (Wildman–Crippen LogP) is 3.63. The van der Waals surface area contributed by atoms with Crippen LogP contribution < -0.4 is 11.1 Å². The first-order chi connectivity index (χ1) is 8.98. The molecule has 0 amide bonds. The van der Waals surface area contributed by atoms with Crippen LogP contribution in [-0.2, 0) is 0 Å². The van der Waals surface area contributed by atoms with Crippen molar-refractivity contribution in [2.75, 3.05) is 0 Å². The van der Waals surface area contributed by atoms with Gasteiger partial charge in [0, 0.05) is 17.6 Å². The van der Waals surface area contributed by atoms with Gasteiger partial charge in [-0.05, 0) is 45.1 Å². The van der Waals surface area contributed by atoms with Gasteiger partial charge in [-0.3, -0.25) is 0 Å². The average Bonchev–Trinajstić information content (AvgIpc) is 2.88. The molecule has 1 aromatic rings. The number of nitrogens with one attached hydrogen (secondary N) is 1. The van der Waals surface area contributed by atoms with Gasteiger partial charge < -0.3 is 11.1 Å². The maximum absolute atomic E-state index is 6.42. The van der Waals surface area contributed by atoms with Crippen molar-refractivity contribution in [1.29, 1.82) is 0 Å². The molecule has 0 bridgehead atoms. The van der Waals surface area contributed by atoms with Crippen LogP contribution in [0.2, 0.25) is 0 Å². The zero-order chi connectivity index (χ0) is 13.9. The lowest BCUT2D eigenvalue weighted by Crippen LogP contribution is -2.56. The molecule has 0 aliphatic heterocycles. The van der Waals surface area contributed by atoms with Gasteiger partial charge in [0.1, 0.15) is 0 Å². The zero-order valence-corrected chi connectivity index (χ0v) is 12.5. The standard InChI is InChI=1S/C17H28N2/c1-13(14-9-5-4-6-10-14)19-16(17(2,3)18)15-11-7-8-12-15/h4-6,9-10,13,15-16,19H,7-8,11-12,18H2,1-3H3/t13-,16-/m1/s1. The Morgan fingerprint density at radius 2 is 1.74 bits per heavy atom. The van der Waals surface area contributed by atoms with Crippen LogP contribution in [0, 0.1) is 5.92 Å². The Balaban J connectivity index is 2.07. The van der Waals surface area contributed by atoms with Crippen molar-refractivity contribution in [1.82, 2.24) is 5.32 Å². The Hall–Kier alpha value is -0.860. The molecule has 1 aliphatic carbocycles. The normalized spacial score (nSPS) is 20.4. The largest absolute Gasteiger partial charge is 0.324 e. The van der Waals surface area contributed by atoms with Crippen molar-refractivity contribution in [2.24, 2.45) is 11.7 Å². The van der Waals surface area contributed by atoms with Crippen LogP contribution in [0.1, 0.15) is 58.1 Å². The molecule has 2 nitrogen and oxygen atoms in total. The minimum Gasteiger partial charge on any atom is -0.324 e. The third-order valence-electron chi connectivity index (χ3n) is 4.40. The summed E-state index contributed by atoms with van der Waals surface area (Å²) < 4.78 is 0. The average molecular weight is 260 g/mol. The molecule has 0 saturated heterocycles. The van der Waals surface area contributed by atoms with E-state index in [1.54, 1.807) is 0 Å². The topological polar surface area (TPSA) is 38.0 Å². The number of hydrogen-bond acceptors (Lipinski definition) is 2. The molecule has 19 heavy (non-hydrogen) atoms. The maximum Gasteiger partial charge on any atom is 0.0295 e. The van der Waals surface area contributed by atoms with E-state index in [-0.39, 0.29) is 5.54 Å². The van der Waals surface area contributed by atoms with Crippen molar-refractivity contribution >= 4 is 0 Å². The molecule has 106 valence electrons. The summed E-state index contributed by atoms with van der Waals surface area (Å²) in [6.07, 6.45) is 5.36. The Labute approximate surface area is 117 Å². The summed E-state index contributed by atoms with van der Waals surface area (Å²) in [5.74, 6) is 0.728. The minimum absolute atomic E-state index is 0.169. The maximum atomic E-state index is 6.42. The van der Waals surface area contributed by atoms with E-state index in [9.17, 15) is 0 Å². The molecular formula is C17H28N2. The Morgan fingerprint density at radius 3 is 2.26 bits per heavy atom. The van der Waals surface area contributed by atoms with E-state index in [0.29, 0.717) is 12.1 Å². The molecule has 1 aromatic carbocycles. The van der Waals surface area contributed by atoms with Crippen LogP contribution >= 0.6 is 0 Å². The lowest BCUT2D eigenvalue weighted by molar-refractivity contribution is 0.232. The van der Waals surface area contributed by atoms with Crippen LogP contribution in [0.25, 0.3) is 0 Å². The zero-order valence-electron chi connectivity index (χ0n) is 12.5. The Kier molecular flexibility index (Phi) is 4.64. The van der Waals surface area contributed by atoms with Crippen molar-refractivity contribution < 1.29 is 0 Å². The molecule has 1 fully saturated rings. The summed E-state index contributed by atoms with van der Waals surface area (Å²) in [5.41, 5.74) is 7.60. The van der Waals surface area contributed by atoms with Crippen molar-refractivity contribution in [3.05, 3.63) is 35.9 Å². The first kappa shape index (κ1) is 14.5. The third-order valence-corrected chi connectivity index (χ3v) is 4.40. The highest BCUT2D eigenvalue weighted by molar-refractivity contribution is 5.18. The number of nitrogens with two attached hydrogens (primary N) is 1. The van der Waals surface area contributed by atoms with Crippen LogP contribution in [0.3, 0.4) is 0 Å². The molecule has 0 spiro atoms. The fraction of sp³-hybridized carbons (Fsp3) is 0.647. The summed E-state index contributed by atoms with van der Waals surface area (Å²) in [6.45, 7) is 6.55. The van der Waals surface area contributed by atoms with Gasteiger partial charge in [0.15, 0.2) is 0 Å². The van der Waals surface area contributed by atoms with Gasteiger partial charge in [-0.1, -0.05) is 43.2 Å². The lowest BCUT2D eigenvalue weighted by Gasteiger charge is -2.38. The van der Waals surface area contributed by atoms with Gasteiger partial charge in [0.05, 0.1) is 0 Å². The monoisotopic (exact) mass is 260 g/mol. The predicted molar refractivity (Wildman–Crippen MR) is 82.0 cm³/mol. The smallest absolute Gasteiger partial charge is 0.0295 e. The van der Waals surface area contributed by atoms with Gasteiger partial charge in [0.2, 0.25) is 0 Å². The van der Waals surface area contributed by atoms with Crippen molar-refractivity contribution in [2.45, 2.75) is 64.1 Å². The molecule has 0 unspecified atom stereocenters. The van der Waals surface area contributed by atoms with E-state index in [2.05, 4.69) is 56.4 Å². The molecule has 2 rings (SSSR count). The second-order valence-electron chi connectivity index (χ2n) is 6.64. The number of benzene rings is 1. The summed E-state index contributed by atoms with van der Waals surface area (Å²) in [4.78, 5) is 0. The van der Waals surface area contributed by atoms with E-state index in [0.717, 1.165) is 5.92 Å². The van der Waals surface area contributed by atoms with Crippen molar-refractivity contribution in [3.8, 4) is 0 Å². The quantitative estimate of drug-likeness (QED) is 0.848. The fourth-order valence-corrected chi connectivity index (χ4v) is 3.36. The van der Waals surface area contributed by atoms with Crippen LogP contribution in [0.15, 0.2) is 30.3 Å². The molecule has 0 heterocycles. The number of hydrogen-bond donors (Lipinski definition) is 2. The van der Waals surface area contributed by atoms with E-state index in [1.165, 1.54) is 31.2 Å². The Morgan fingerprint density at radius 1 is 1.16 bits per heavy atom. The molecule has 1 saturated carbocycles. The fourth-order valence-electron chi connectivity index (χ4n) is 3.36. The highest BCUT2D eigenvalue weighted by atomic mass is 15.0.